The third kappa shape index (κ3) is 2.27. The van der Waals surface area contributed by atoms with Gasteiger partial charge < -0.3 is 9.84 Å². The highest BCUT2D eigenvalue weighted by molar-refractivity contribution is 5.87. The standard InChI is InChI=1S/C17H21NO3/c19-16(20)12-2-3-13-10-18(11-14(13)8-12)15-4-7-21-17(9-15)5-1-6-17/h2-3,8,15H,1,4-7,9-11H2,(H,19,20). The molecule has 21 heavy (non-hydrogen) atoms. The van der Waals surface area contributed by atoms with Gasteiger partial charge in [0.1, 0.15) is 0 Å². The molecule has 0 amide bonds. The number of ether oxygens (including phenoxy) is 1. The highest BCUT2D eigenvalue weighted by Crippen LogP contribution is 2.44. The molecule has 0 bridgehead atoms. The van der Waals surface area contributed by atoms with Crippen molar-refractivity contribution in [1.29, 1.82) is 0 Å². The lowest BCUT2D eigenvalue weighted by Gasteiger charge is -2.49. The van der Waals surface area contributed by atoms with E-state index in [1.54, 1.807) is 6.07 Å². The third-order valence-electron chi connectivity index (χ3n) is 5.45. The zero-order valence-electron chi connectivity index (χ0n) is 12.2. The van der Waals surface area contributed by atoms with Crippen LogP contribution in [0.3, 0.4) is 0 Å². The molecule has 0 radical (unpaired) electrons. The van der Waals surface area contributed by atoms with Crippen LogP contribution in [0.2, 0.25) is 0 Å². The Bertz CT molecular complexity index is 579. The lowest BCUT2D eigenvalue weighted by molar-refractivity contribution is -0.149. The molecular formula is C17H21NO3. The molecule has 1 spiro atoms. The van der Waals surface area contributed by atoms with Crippen molar-refractivity contribution < 1.29 is 14.6 Å². The first kappa shape index (κ1) is 13.3. The average molecular weight is 287 g/mol. The predicted molar refractivity (Wildman–Crippen MR) is 78.2 cm³/mol. The Labute approximate surface area is 124 Å². The van der Waals surface area contributed by atoms with Crippen molar-refractivity contribution in [2.24, 2.45) is 0 Å². The Balaban J connectivity index is 1.50. The van der Waals surface area contributed by atoms with E-state index in [2.05, 4.69) is 4.90 Å². The van der Waals surface area contributed by atoms with Gasteiger partial charge in [-0.25, -0.2) is 4.79 Å². The summed E-state index contributed by atoms with van der Waals surface area (Å²) in [5.41, 5.74) is 3.04. The first-order chi connectivity index (χ1) is 10.2. The van der Waals surface area contributed by atoms with Gasteiger partial charge in [-0.05, 0) is 55.4 Å². The Morgan fingerprint density at radius 1 is 1.29 bits per heavy atom. The zero-order valence-corrected chi connectivity index (χ0v) is 12.2. The largest absolute Gasteiger partial charge is 0.478 e. The third-order valence-corrected chi connectivity index (χ3v) is 5.45. The molecule has 4 nitrogen and oxygen atoms in total. The van der Waals surface area contributed by atoms with Crippen LogP contribution in [0.1, 0.15) is 53.6 Å². The van der Waals surface area contributed by atoms with Crippen LogP contribution in [0.5, 0.6) is 0 Å². The molecule has 3 aliphatic rings. The molecule has 1 unspecified atom stereocenters. The van der Waals surface area contributed by atoms with Crippen LogP contribution in [-0.4, -0.2) is 34.2 Å². The quantitative estimate of drug-likeness (QED) is 0.908. The molecule has 1 N–H and O–H groups in total. The number of hydrogen-bond acceptors (Lipinski definition) is 3. The fourth-order valence-corrected chi connectivity index (χ4v) is 4.05. The molecule has 1 aromatic rings. The maximum absolute atomic E-state index is 11.1. The number of aromatic carboxylic acids is 1. The SMILES string of the molecule is O=C(O)c1ccc2c(c1)CN(C1CCOC3(CCC3)C1)C2. The highest BCUT2D eigenvalue weighted by atomic mass is 16.5. The summed E-state index contributed by atoms with van der Waals surface area (Å²) < 4.78 is 6.01. The first-order valence-electron chi connectivity index (χ1n) is 7.88. The van der Waals surface area contributed by atoms with Gasteiger partial charge in [0.2, 0.25) is 0 Å². The van der Waals surface area contributed by atoms with Gasteiger partial charge in [0.25, 0.3) is 0 Å². The second-order valence-electron chi connectivity index (χ2n) is 6.73. The van der Waals surface area contributed by atoms with Gasteiger partial charge in [-0.15, -0.1) is 0 Å². The fourth-order valence-electron chi connectivity index (χ4n) is 4.05. The van der Waals surface area contributed by atoms with Crippen molar-refractivity contribution in [1.82, 2.24) is 4.90 Å². The minimum absolute atomic E-state index is 0.171. The van der Waals surface area contributed by atoms with Gasteiger partial charge in [-0.3, -0.25) is 4.90 Å². The van der Waals surface area contributed by atoms with Crippen LogP contribution >= 0.6 is 0 Å². The van der Waals surface area contributed by atoms with Crippen LogP contribution < -0.4 is 0 Å². The fraction of sp³-hybridized carbons (Fsp3) is 0.588. The molecular weight excluding hydrogens is 266 g/mol. The smallest absolute Gasteiger partial charge is 0.335 e. The van der Waals surface area contributed by atoms with E-state index < -0.39 is 5.97 Å². The summed E-state index contributed by atoms with van der Waals surface area (Å²) in [7, 11) is 0. The molecule has 1 aromatic carbocycles. The van der Waals surface area contributed by atoms with E-state index in [1.165, 1.54) is 30.4 Å². The Kier molecular flexibility index (Phi) is 3.05. The molecule has 1 aliphatic carbocycles. The van der Waals surface area contributed by atoms with Crippen molar-refractivity contribution >= 4 is 5.97 Å². The minimum Gasteiger partial charge on any atom is -0.478 e. The molecule has 1 atom stereocenters. The van der Waals surface area contributed by atoms with Crippen LogP contribution in [-0.2, 0) is 17.8 Å². The monoisotopic (exact) mass is 287 g/mol. The van der Waals surface area contributed by atoms with Crippen molar-refractivity contribution in [2.75, 3.05) is 6.61 Å². The van der Waals surface area contributed by atoms with Gasteiger partial charge >= 0.3 is 5.97 Å². The topological polar surface area (TPSA) is 49.8 Å². The number of fused-ring (bicyclic) bond motifs is 1. The zero-order chi connectivity index (χ0) is 14.4. The Hall–Kier alpha value is -1.39. The van der Waals surface area contributed by atoms with Crippen molar-refractivity contribution in [3.05, 3.63) is 34.9 Å². The molecule has 112 valence electrons. The second kappa shape index (κ2) is 4.82. The van der Waals surface area contributed by atoms with Crippen LogP contribution in [0.25, 0.3) is 0 Å². The van der Waals surface area contributed by atoms with Gasteiger partial charge in [0, 0.05) is 25.7 Å². The molecule has 4 heteroatoms. The van der Waals surface area contributed by atoms with E-state index in [1.807, 2.05) is 12.1 Å². The number of carboxylic acids is 1. The number of hydrogen-bond donors (Lipinski definition) is 1. The normalized spacial score (nSPS) is 27.3. The highest BCUT2D eigenvalue weighted by Gasteiger charge is 2.44. The van der Waals surface area contributed by atoms with Crippen molar-refractivity contribution in [3.63, 3.8) is 0 Å². The maximum Gasteiger partial charge on any atom is 0.335 e. The number of nitrogens with zero attached hydrogens (tertiary/aromatic N) is 1. The summed E-state index contributed by atoms with van der Waals surface area (Å²) in [6.45, 7) is 2.71. The lowest BCUT2D eigenvalue weighted by atomic mass is 9.73. The van der Waals surface area contributed by atoms with E-state index in [9.17, 15) is 4.79 Å². The molecule has 4 rings (SSSR count). The summed E-state index contributed by atoms with van der Waals surface area (Å²) >= 11 is 0. The number of carbonyl (C=O) groups is 1. The molecule has 2 fully saturated rings. The van der Waals surface area contributed by atoms with E-state index in [-0.39, 0.29) is 5.60 Å². The van der Waals surface area contributed by atoms with Gasteiger partial charge in [0.05, 0.1) is 11.2 Å². The van der Waals surface area contributed by atoms with Crippen LogP contribution in [0.4, 0.5) is 0 Å². The number of rotatable bonds is 2. The van der Waals surface area contributed by atoms with Crippen LogP contribution in [0, 0.1) is 0 Å². The summed E-state index contributed by atoms with van der Waals surface area (Å²) in [5, 5.41) is 9.11. The van der Waals surface area contributed by atoms with E-state index in [0.29, 0.717) is 11.6 Å². The average Bonchev–Trinajstić information content (AvgIpc) is 2.88. The Morgan fingerprint density at radius 3 is 2.81 bits per heavy atom. The molecule has 1 saturated heterocycles. The minimum atomic E-state index is -0.837. The predicted octanol–water partition coefficient (Wildman–Crippen LogP) is 2.80. The maximum atomic E-state index is 11.1. The van der Waals surface area contributed by atoms with Gasteiger partial charge in [-0.1, -0.05) is 6.07 Å². The summed E-state index contributed by atoms with van der Waals surface area (Å²) in [6, 6.07) is 6.13. The lowest BCUT2D eigenvalue weighted by Crippen LogP contribution is -2.51. The summed E-state index contributed by atoms with van der Waals surface area (Å²) in [5.74, 6) is -0.837. The van der Waals surface area contributed by atoms with Gasteiger partial charge in [-0.2, -0.15) is 0 Å². The number of benzene rings is 1. The van der Waals surface area contributed by atoms with E-state index in [4.69, 9.17) is 9.84 Å². The van der Waals surface area contributed by atoms with E-state index in [0.717, 1.165) is 32.5 Å². The van der Waals surface area contributed by atoms with E-state index >= 15 is 0 Å². The van der Waals surface area contributed by atoms with Crippen LogP contribution in [0.15, 0.2) is 18.2 Å². The van der Waals surface area contributed by atoms with Gasteiger partial charge in [0.15, 0.2) is 0 Å². The second-order valence-corrected chi connectivity index (χ2v) is 6.73. The molecule has 2 heterocycles. The molecule has 0 aromatic heterocycles. The first-order valence-corrected chi connectivity index (χ1v) is 7.88. The number of carboxylic acid groups (broad SMARTS) is 1. The molecule has 2 aliphatic heterocycles. The molecule has 1 saturated carbocycles. The Morgan fingerprint density at radius 2 is 2.10 bits per heavy atom. The summed E-state index contributed by atoms with van der Waals surface area (Å²) in [6.07, 6.45) is 5.98. The van der Waals surface area contributed by atoms with Crippen molar-refractivity contribution in [3.8, 4) is 0 Å². The van der Waals surface area contributed by atoms with Crippen molar-refractivity contribution in [2.45, 2.75) is 56.8 Å². The summed E-state index contributed by atoms with van der Waals surface area (Å²) in [4.78, 5) is 13.6.